The second kappa shape index (κ2) is 7.99. The summed E-state index contributed by atoms with van der Waals surface area (Å²) in [5.41, 5.74) is -0.148. The Hall–Kier alpha value is -2.31. The van der Waals surface area contributed by atoms with Crippen LogP contribution in [0.1, 0.15) is 5.69 Å². The van der Waals surface area contributed by atoms with Gasteiger partial charge in [-0.25, -0.2) is 9.97 Å². The molecule has 0 spiro atoms. The first-order chi connectivity index (χ1) is 14.5. The van der Waals surface area contributed by atoms with Crippen LogP contribution in [0.2, 0.25) is 4.34 Å². The predicted molar refractivity (Wildman–Crippen MR) is 114 cm³/mol. The van der Waals surface area contributed by atoms with Gasteiger partial charge in [-0.1, -0.05) is 29.8 Å². The molecule has 0 radical (unpaired) electrons. The first-order valence-corrected chi connectivity index (χ1v) is 11.9. The summed E-state index contributed by atoms with van der Waals surface area (Å²) in [6.45, 7) is 0. The molecule has 0 aliphatic heterocycles. The lowest BCUT2D eigenvalue weighted by Crippen LogP contribution is -2.10. The molecule has 0 atom stereocenters. The lowest BCUT2D eigenvalue weighted by atomic mass is 10.1. The van der Waals surface area contributed by atoms with Crippen molar-refractivity contribution < 1.29 is 26.1 Å². The van der Waals surface area contributed by atoms with Gasteiger partial charge >= 0.3 is 16.3 Å². The summed E-state index contributed by atoms with van der Waals surface area (Å²) in [4.78, 5) is 8.95. The van der Waals surface area contributed by atoms with Gasteiger partial charge in [0.2, 0.25) is 0 Å². The fraction of sp³-hybridized carbons (Fsp3) is 0.0526. The molecule has 0 amide bonds. The molecule has 0 saturated carbocycles. The minimum absolute atomic E-state index is 0.0874. The molecule has 3 aromatic heterocycles. The van der Waals surface area contributed by atoms with Crippen molar-refractivity contribution in [3.63, 3.8) is 0 Å². The number of alkyl halides is 3. The normalized spacial score (nSPS) is 12.3. The highest BCUT2D eigenvalue weighted by Gasteiger charge is 2.34. The number of thiophene rings is 2. The van der Waals surface area contributed by atoms with Gasteiger partial charge in [-0.2, -0.15) is 21.6 Å². The maximum absolute atomic E-state index is 13.5. The van der Waals surface area contributed by atoms with Crippen LogP contribution >= 0.6 is 34.3 Å². The van der Waals surface area contributed by atoms with Gasteiger partial charge in [0.1, 0.15) is 9.90 Å². The minimum atomic E-state index is -4.68. The van der Waals surface area contributed by atoms with E-state index in [4.69, 9.17) is 11.6 Å². The number of rotatable bonds is 4. The standard InChI is InChI=1S/C19H10ClF3N2O3S3/c20-16-6-4-14(29-16)12-9-15(19(21,22)23)25-18(24-12)11-3-1-2-10(8-11)13-5-7-17(30-13)31(26,27)28/h1-9H,(H,26,27,28). The van der Waals surface area contributed by atoms with E-state index in [-0.39, 0.29) is 15.7 Å². The fourth-order valence-electron chi connectivity index (χ4n) is 2.73. The third-order valence-electron chi connectivity index (χ3n) is 4.08. The summed E-state index contributed by atoms with van der Waals surface area (Å²) < 4.78 is 72.3. The van der Waals surface area contributed by atoms with Crippen LogP contribution in [0.25, 0.3) is 32.4 Å². The van der Waals surface area contributed by atoms with Gasteiger partial charge in [0.25, 0.3) is 0 Å². The highest BCUT2D eigenvalue weighted by Crippen LogP contribution is 2.37. The van der Waals surface area contributed by atoms with E-state index >= 15 is 0 Å². The first-order valence-electron chi connectivity index (χ1n) is 8.41. The predicted octanol–water partition coefficient (Wildman–Crippen LogP) is 6.52. The van der Waals surface area contributed by atoms with Gasteiger partial charge in [0.05, 0.1) is 14.9 Å². The van der Waals surface area contributed by atoms with E-state index in [2.05, 4.69) is 9.97 Å². The van der Waals surface area contributed by atoms with E-state index < -0.39 is 22.0 Å². The molecule has 4 aromatic rings. The SMILES string of the molecule is O=S(=O)(O)c1ccc(-c2cccc(-c3nc(-c4ccc(Cl)s4)cc(C(F)(F)F)n3)c2)s1. The van der Waals surface area contributed by atoms with Gasteiger partial charge in [0, 0.05) is 10.4 Å². The van der Waals surface area contributed by atoms with Crippen LogP contribution in [0.15, 0.2) is 58.8 Å². The summed E-state index contributed by atoms with van der Waals surface area (Å²) in [6, 6.07) is 13.1. The molecule has 1 N–H and O–H groups in total. The smallest absolute Gasteiger partial charge is 0.281 e. The Balaban J connectivity index is 1.82. The summed E-state index contributed by atoms with van der Waals surface area (Å²) >= 11 is 7.85. The zero-order chi connectivity index (χ0) is 22.4. The molecule has 12 heteroatoms. The molecular formula is C19H10ClF3N2O3S3. The lowest BCUT2D eigenvalue weighted by molar-refractivity contribution is -0.141. The molecule has 3 heterocycles. The number of hydrogen-bond donors (Lipinski definition) is 1. The topological polar surface area (TPSA) is 80.2 Å². The summed E-state index contributed by atoms with van der Waals surface area (Å²) in [5.74, 6) is -0.136. The molecule has 0 saturated heterocycles. The average molecular weight is 503 g/mol. The molecule has 31 heavy (non-hydrogen) atoms. The largest absolute Gasteiger partial charge is 0.433 e. The van der Waals surface area contributed by atoms with Crippen LogP contribution in [0.3, 0.4) is 0 Å². The number of nitrogens with zero attached hydrogens (tertiary/aromatic N) is 2. The summed E-state index contributed by atoms with van der Waals surface area (Å²) in [7, 11) is -4.35. The molecule has 160 valence electrons. The second-order valence-electron chi connectivity index (χ2n) is 6.24. The van der Waals surface area contributed by atoms with Crippen molar-refractivity contribution in [3.05, 3.63) is 64.6 Å². The summed E-state index contributed by atoms with van der Waals surface area (Å²) in [6.07, 6.45) is -4.68. The van der Waals surface area contributed by atoms with Crippen molar-refractivity contribution in [2.45, 2.75) is 10.4 Å². The Labute approximate surface area is 187 Å². The van der Waals surface area contributed by atoms with Crippen molar-refractivity contribution in [3.8, 4) is 32.4 Å². The highest BCUT2D eigenvalue weighted by molar-refractivity contribution is 7.88. The van der Waals surface area contributed by atoms with Gasteiger partial charge in [-0.15, -0.1) is 22.7 Å². The van der Waals surface area contributed by atoms with Crippen LogP contribution in [0.5, 0.6) is 0 Å². The van der Waals surface area contributed by atoms with Crippen molar-refractivity contribution in [1.82, 2.24) is 9.97 Å². The maximum atomic E-state index is 13.5. The quantitative estimate of drug-likeness (QED) is 0.321. The van der Waals surface area contributed by atoms with Crippen molar-refractivity contribution >= 4 is 44.4 Å². The number of hydrogen-bond acceptors (Lipinski definition) is 6. The van der Waals surface area contributed by atoms with E-state index in [1.165, 1.54) is 12.1 Å². The molecule has 0 unspecified atom stereocenters. The van der Waals surface area contributed by atoms with E-state index in [1.807, 2.05) is 0 Å². The zero-order valence-corrected chi connectivity index (χ0v) is 18.3. The maximum Gasteiger partial charge on any atom is 0.433 e. The first kappa shape index (κ1) is 21.9. The van der Waals surface area contributed by atoms with Crippen molar-refractivity contribution in [1.29, 1.82) is 0 Å². The summed E-state index contributed by atoms with van der Waals surface area (Å²) in [5, 5.41) is 0. The Morgan fingerprint density at radius 1 is 0.903 bits per heavy atom. The van der Waals surface area contributed by atoms with Crippen LogP contribution < -0.4 is 0 Å². The minimum Gasteiger partial charge on any atom is -0.281 e. The third-order valence-corrected chi connectivity index (χ3v) is 7.79. The highest BCUT2D eigenvalue weighted by atomic mass is 35.5. The molecule has 0 aliphatic carbocycles. The zero-order valence-electron chi connectivity index (χ0n) is 15.1. The van der Waals surface area contributed by atoms with Gasteiger partial charge in [0.15, 0.2) is 5.82 Å². The Bertz CT molecular complexity index is 1380. The van der Waals surface area contributed by atoms with Gasteiger partial charge in [-0.05, 0) is 42.0 Å². The monoisotopic (exact) mass is 502 g/mol. The molecular weight excluding hydrogens is 493 g/mol. The average Bonchev–Trinajstić information content (AvgIpc) is 3.36. The third kappa shape index (κ3) is 4.80. The van der Waals surface area contributed by atoms with Crippen LogP contribution in [0.4, 0.5) is 13.2 Å². The fourth-order valence-corrected chi connectivity index (χ4v) is 5.39. The Morgan fingerprint density at radius 3 is 2.23 bits per heavy atom. The van der Waals surface area contributed by atoms with Crippen LogP contribution in [0, 0.1) is 0 Å². The van der Waals surface area contributed by atoms with Crippen LogP contribution in [-0.2, 0) is 16.3 Å². The lowest BCUT2D eigenvalue weighted by Gasteiger charge is -2.10. The second-order valence-corrected chi connectivity index (χ2v) is 10.7. The molecule has 4 rings (SSSR count). The molecule has 0 bridgehead atoms. The van der Waals surface area contributed by atoms with Crippen molar-refractivity contribution in [2.24, 2.45) is 0 Å². The number of benzene rings is 1. The van der Waals surface area contributed by atoms with Gasteiger partial charge < -0.3 is 0 Å². The number of aromatic nitrogens is 2. The Kier molecular flexibility index (Phi) is 5.64. The van der Waals surface area contributed by atoms with E-state index in [9.17, 15) is 26.1 Å². The van der Waals surface area contributed by atoms with E-state index in [0.717, 1.165) is 28.7 Å². The van der Waals surface area contributed by atoms with E-state index in [1.54, 1.807) is 36.4 Å². The molecule has 5 nitrogen and oxygen atoms in total. The van der Waals surface area contributed by atoms with E-state index in [0.29, 0.717) is 25.2 Å². The van der Waals surface area contributed by atoms with Crippen LogP contribution in [-0.4, -0.2) is 22.9 Å². The molecule has 1 aromatic carbocycles. The molecule has 0 aliphatic rings. The van der Waals surface area contributed by atoms with Crippen molar-refractivity contribution in [2.75, 3.05) is 0 Å². The van der Waals surface area contributed by atoms with Gasteiger partial charge in [-0.3, -0.25) is 4.55 Å². The Morgan fingerprint density at radius 2 is 1.61 bits per heavy atom. The number of halogens is 4. The molecule has 0 fully saturated rings.